The van der Waals surface area contributed by atoms with Crippen molar-refractivity contribution in [3.05, 3.63) is 105 Å². The van der Waals surface area contributed by atoms with Crippen LogP contribution in [0.5, 0.6) is 5.75 Å². The summed E-state index contributed by atoms with van der Waals surface area (Å²) in [6, 6.07) is 21.5. The topological polar surface area (TPSA) is 76.1 Å². The fourth-order valence-corrected chi connectivity index (χ4v) is 4.57. The zero-order chi connectivity index (χ0) is 24.9. The average molecular weight is 536 g/mol. The molecule has 7 heteroatoms. The van der Waals surface area contributed by atoms with Crippen LogP contribution in [0, 0.1) is 6.92 Å². The Hall–Kier alpha value is -3.42. The summed E-state index contributed by atoms with van der Waals surface area (Å²) >= 11 is 3.45. The van der Waals surface area contributed by atoms with Gasteiger partial charge in [0.2, 0.25) is 0 Å². The maximum atomic E-state index is 13.0. The summed E-state index contributed by atoms with van der Waals surface area (Å²) < 4.78 is 11.8. The maximum absolute atomic E-state index is 13.0. The molecule has 1 fully saturated rings. The van der Waals surface area contributed by atoms with Crippen LogP contribution < -0.4 is 4.74 Å². The molecule has 0 bridgehead atoms. The predicted molar refractivity (Wildman–Crippen MR) is 137 cm³/mol. The molecule has 180 valence electrons. The molecule has 1 amide bonds. The van der Waals surface area contributed by atoms with Crippen molar-refractivity contribution < 1.29 is 24.2 Å². The van der Waals surface area contributed by atoms with Crippen molar-refractivity contribution in [3.63, 3.8) is 0 Å². The Kier molecular flexibility index (Phi) is 7.68. The van der Waals surface area contributed by atoms with Gasteiger partial charge in [-0.1, -0.05) is 57.9 Å². The third-order valence-electron chi connectivity index (χ3n) is 5.86. The summed E-state index contributed by atoms with van der Waals surface area (Å²) in [5.74, 6) is -0.972. The predicted octanol–water partition coefficient (Wildman–Crippen LogP) is 5.40. The van der Waals surface area contributed by atoms with Crippen LogP contribution in [-0.2, 0) is 20.9 Å². The number of amides is 1. The minimum atomic E-state index is -0.722. The molecule has 3 aromatic carbocycles. The molecular weight excluding hydrogens is 510 g/mol. The minimum absolute atomic E-state index is 0.0534. The van der Waals surface area contributed by atoms with Crippen molar-refractivity contribution in [1.82, 2.24) is 4.90 Å². The van der Waals surface area contributed by atoms with E-state index in [1.165, 1.54) is 12.0 Å². The highest BCUT2D eigenvalue weighted by Gasteiger charge is 2.45. The van der Waals surface area contributed by atoms with Crippen molar-refractivity contribution in [3.8, 4) is 5.75 Å². The number of benzene rings is 3. The molecule has 4 rings (SSSR count). The smallest absolute Gasteiger partial charge is 0.295 e. The number of hydrogen-bond acceptors (Lipinski definition) is 5. The molecule has 35 heavy (non-hydrogen) atoms. The van der Waals surface area contributed by atoms with E-state index in [4.69, 9.17) is 9.47 Å². The SMILES string of the molecule is COCCN1C(=O)C(=O)/C(=C(/O)c2ccc(OCc3cccc(C)c3)cc2)[C@@H]1c1cccc(Br)c1. The monoisotopic (exact) mass is 535 g/mol. The number of aryl methyl sites for hydroxylation is 1. The molecule has 6 nitrogen and oxygen atoms in total. The molecule has 0 spiro atoms. The lowest BCUT2D eigenvalue weighted by atomic mass is 9.95. The van der Waals surface area contributed by atoms with Gasteiger partial charge in [0, 0.05) is 23.7 Å². The van der Waals surface area contributed by atoms with Crippen LogP contribution >= 0.6 is 15.9 Å². The molecule has 1 aliphatic rings. The van der Waals surface area contributed by atoms with Crippen molar-refractivity contribution in [2.45, 2.75) is 19.6 Å². The third kappa shape index (κ3) is 5.47. The van der Waals surface area contributed by atoms with Crippen LogP contribution in [0.15, 0.2) is 82.8 Å². The Labute approximate surface area is 212 Å². The largest absolute Gasteiger partial charge is 0.507 e. The number of methoxy groups -OCH3 is 1. The second kappa shape index (κ2) is 10.9. The van der Waals surface area contributed by atoms with Crippen LogP contribution in [-0.4, -0.2) is 42.0 Å². The summed E-state index contributed by atoms with van der Waals surface area (Å²) in [7, 11) is 1.54. The number of ether oxygens (including phenoxy) is 2. The highest BCUT2D eigenvalue weighted by Crippen LogP contribution is 2.40. The highest BCUT2D eigenvalue weighted by atomic mass is 79.9. The lowest BCUT2D eigenvalue weighted by Crippen LogP contribution is -2.32. The van der Waals surface area contributed by atoms with Crippen molar-refractivity contribution in [2.24, 2.45) is 0 Å². The molecule has 1 saturated heterocycles. The quantitative estimate of drug-likeness (QED) is 0.237. The fourth-order valence-electron chi connectivity index (χ4n) is 4.16. The van der Waals surface area contributed by atoms with Crippen LogP contribution in [0.2, 0.25) is 0 Å². The first-order valence-electron chi connectivity index (χ1n) is 11.2. The lowest BCUT2D eigenvalue weighted by molar-refractivity contribution is -0.140. The minimum Gasteiger partial charge on any atom is -0.507 e. The van der Waals surface area contributed by atoms with Gasteiger partial charge in [-0.05, 0) is 54.4 Å². The molecule has 0 aromatic heterocycles. The van der Waals surface area contributed by atoms with Gasteiger partial charge in [0.05, 0.1) is 18.2 Å². The van der Waals surface area contributed by atoms with E-state index in [9.17, 15) is 14.7 Å². The number of carbonyl (C=O) groups is 2. The fraction of sp³-hybridized carbons (Fsp3) is 0.214. The molecule has 0 aliphatic carbocycles. The second-order valence-electron chi connectivity index (χ2n) is 8.34. The standard InChI is InChI=1S/C28H26BrNO5/c1-18-5-3-6-19(15-18)17-35-23-11-9-20(10-12-23)26(31)24-25(21-7-4-8-22(29)16-21)30(13-14-34-2)28(33)27(24)32/h3-12,15-16,25,31H,13-14,17H2,1-2H3/b26-24+/t25-/m0/s1. The molecule has 3 aromatic rings. The number of ketones is 1. The first kappa shape index (κ1) is 24.7. The van der Waals surface area contributed by atoms with Gasteiger partial charge in [-0.2, -0.15) is 0 Å². The van der Waals surface area contributed by atoms with Crippen LogP contribution in [0.3, 0.4) is 0 Å². The van der Waals surface area contributed by atoms with E-state index in [2.05, 4.69) is 22.0 Å². The van der Waals surface area contributed by atoms with E-state index in [1.807, 2.05) is 49.4 Å². The van der Waals surface area contributed by atoms with E-state index >= 15 is 0 Å². The van der Waals surface area contributed by atoms with Gasteiger partial charge >= 0.3 is 0 Å². The molecule has 0 unspecified atom stereocenters. The number of likely N-dealkylation sites (tertiary alicyclic amines) is 1. The number of aliphatic hydroxyl groups is 1. The summed E-state index contributed by atoms with van der Waals surface area (Å²) in [4.78, 5) is 27.3. The van der Waals surface area contributed by atoms with Gasteiger partial charge in [-0.15, -0.1) is 0 Å². The number of halogens is 1. The molecule has 1 heterocycles. The van der Waals surface area contributed by atoms with Crippen molar-refractivity contribution in [2.75, 3.05) is 20.3 Å². The summed E-state index contributed by atoms with van der Waals surface area (Å²) in [6.45, 7) is 2.94. The third-order valence-corrected chi connectivity index (χ3v) is 6.35. The van der Waals surface area contributed by atoms with Crippen molar-refractivity contribution >= 4 is 33.4 Å². The number of nitrogens with zero attached hydrogens (tertiary/aromatic N) is 1. The normalized spacial score (nSPS) is 17.1. The molecular formula is C28H26BrNO5. The van der Waals surface area contributed by atoms with Gasteiger partial charge in [0.25, 0.3) is 11.7 Å². The van der Waals surface area contributed by atoms with Crippen LogP contribution in [0.25, 0.3) is 5.76 Å². The maximum Gasteiger partial charge on any atom is 0.295 e. The van der Waals surface area contributed by atoms with Gasteiger partial charge in [0.15, 0.2) is 0 Å². The molecule has 1 aliphatic heterocycles. The Morgan fingerprint density at radius 3 is 2.46 bits per heavy atom. The van der Waals surface area contributed by atoms with Crippen LogP contribution in [0.4, 0.5) is 0 Å². The van der Waals surface area contributed by atoms with E-state index in [-0.39, 0.29) is 24.5 Å². The van der Waals surface area contributed by atoms with Gasteiger partial charge in [-0.25, -0.2) is 0 Å². The number of carbonyl (C=O) groups excluding carboxylic acids is 2. The summed E-state index contributed by atoms with van der Waals surface area (Å²) in [5.41, 5.74) is 3.42. The van der Waals surface area contributed by atoms with Gasteiger partial charge in [0.1, 0.15) is 18.1 Å². The molecule has 0 radical (unpaired) electrons. The number of aliphatic hydroxyl groups excluding tert-OH is 1. The molecule has 1 N–H and O–H groups in total. The average Bonchev–Trinajstić information content (AvgIpc) is 3.11. The first-order valence-corrected chi connectivity index (χ1v) is 12.0. The Bertz CT molecular complexity index is 1270. The van der Waals surface area contributed by atoms with E-state index < -0.39 is 17.7 Å². The number of rotatable bonds is 8. The lowest BCUT2D eigenvalue weighted by Gasteiger charge is -2.25. The number of hydrogen-bond donors (Lipinski definition) is 1. The zero-order valence-corrected chi connectivity index (χ0v) is 21.1. The first-order chi connectivity index (χ1) is 16.9. The summed E-state index contributed by atoms with van der Waals surface area (Å²) in [6.07, 6.45) is 0. The zero-order valence-electron chi connectivity index (χ0n) is 19.5. The van der Waals surface area contributed by atoms with Gasteiger partial charge < -0.3 is 19.5 Å². The Morgan fingerprint density at radius 1 is 1.03 bits per heavy atom. The molecule has 1 atom stereocenters. The van der Waals surface area contributed by atoms with E-state index in [1.54, 1.807) is 24.3 Å². The number of Topliss-reactive ketones (excluding diaryl/α,β-unsaturated/α-hetero) is 1. The van der Waals surface area contributed by atoms with Crippen molar-refractivity contribution in [1.29, 1.82) is 0 Å². The highest BCUT2D eigenvalue weighted by molar-refractivity contribution is 9.10. The van der Waals surface area contributed by atoms with Gasteiger partial charge in [-0.3, -0.25) is 9.59 Å². The molecule has 0 saturated carbocycles. The van der Waals surface area contributed by atoms with E-state index in [0.717, 1.165) is 15.6 Å². The van der Waals surface area contributed by atoms with Crippen LogP contribution in [0.1, 0.15) is 28.3 Å². The summed E-state index contributed by atoms with van der Waals surface area (Å²) in [5, 5.41) is 11.2. The Morgan fingerprint density at radius 2 is 1.77 bits per heavy atom. The second-order valence-corrected chi connectivity index (χ2v) is 9.26. The van der Waals surface area contributed by atoms with E-state index in [0.29, 0.717) is 23.5 Å². The Balaban J connectivity index is 1.64.